The number of rotatable bonds is 3. The van der Waals surface area contributed by atoms with Crippen molar-refractivity contribution in [3.8, 4) is 5.75 Å². The fraction of sp³-hybridized carbons (Fsp3) is 0.429. The van der Waals surface area contributed by atoms with E-state index in [9.17, 15) is 9.90 Å². The van der Waals surface area contributed by atoms with E-state index in [4.69, 9.17) is 16.0 Å². The van der Waals surface area contributed by atoms with Crippen LogP contribution >= 0.6 is 0 Å². The number of hydrogen-bond donors (Lipinski definition) is 2. The van der Waals surface area contributed by atoms with Gasteiger partial charge in [-0.25, -0.2) is 0 Å². The largest absolute Gasteiger partial charge is 0.484 e. The van der Waals surface area contributed by atoms with Crippen molar-refractivity contribution in [3.05, 3.63) is 77.4 Å². The number of aliphatic hydroxyl groups excluding tert-OH is 1. The number of aromatic amines is 1. The van der Waals surface area contributed by atoms with E-state index in [-0.39, 0.29) is 17.9 Å². The van der Waals surface area contributed by atoms with Crippen molar-refractivity contribution in [1.29, 1.82) is 0 Å². The summed E-state index contributed by atoms with van der Waals surface area (Å²) in [5, 5.41) is 13.8. The Labute approximate surface area is 205 Å². The van der Waals surface area contributed by atoms with Crippen LogP contribution in [0, 0.1) is 24.3 Å². The molecule has 1 fully saturated rings. The minimum atomic E-state index is -0.771. The van der Waals surface area contributed by atoms with Crippen molar-refractivity contribution >= 4 is 16.9 Å². The first-order valence-electron chi connectivity index (χ1n) is 12.3. The summed E-state index contributed by atoms with van der Waals surface area (Å²) in [7, 11) is 1.37. The van der Waals surface area contributed by atoms with Gasteiger partial charge in [0.05, 0.1) is 37.9 Å². The molecular weight excluding hydrogens is 442 g/mol. The average Bonchev–Trinajstić information content (AvgIpc) is 3.26. The first-order chi connectivity index (χ1) is 17.1. The molecule has 7 heteroatoms. The van der Waals surface area contributed by atoms with Gasteiger partial charge in [0.15, 0.2) is 0 Å². The summed E-state index contributed by atoms with van der Waals surface area (Å²) in [5.74, 6) is -0.412. The highest BCUT2D eigenvalue weighted by Gasteiger charge is 2.46. The van der Waals surface area contributed by atoms with Gasteiger partial charge < -0.3 is 19.6 Å². The van der Waals surface area contributed by atoms with E-state index < -0.39 is 18.0 Å². The third-order valence-electron chi connectivity index (χ3n) is 7.67. The van der Waals surface area contributed by atoms with Gasteiger partial charge >= 0.3 is 5.97 Å². The Balaban J connectivity index is 1.64. The van der Waals surface area contributed by atoms with Gasteiger partial charge in [-0.1, -0.05) is 36.4 Å². The Bertz CT molecular complexity index is 1220. The second-order valence-electron chi connectivity index (χ2n) is 9.60. The summed E-state index contributed by atoms with van der Waals surface area (Å²) in [6.07, 6.45) is 1.41. The van der Waals surface area contributed by atoms with E-state index >= 15 is 0 Å². The molecule has 5 rings (SSSR count). The van der Waals surface area contributed by atoms with Gasteiger partial charge in [-0.2, -0.15) is 11.5 Å². The highest BCUT2D eigenvalue weighted by atomic mass is 16.5. The van der Waals surface area contributed by atoms with E-state index in [2.05, 4.69) is 22.1 Å². The highest BCUT2D eigenvalue weighted by Crippen LogP contribution is 2.44. The molecule has 1 aromatic heterocycles. The van der Waals surface area contributed by atoms with Crippen LogP contribution in [0.1, 0.15) is 36.6 Å². The van der Waals surface area contributed by atoms with E-state index in [0.717, 1.165) is 40.8 Å². The van der Waals surface area contributed by atoms with Gasteiger partial charge in [0.25, 0.3) is 0 Å². The molecule has 0 amide bonds. The number of carbonyl (C=O) groups is 1. The fourth-order valence-corrected chi connectivity index (χ4v) is 5.98. The van der Waals surface area contributed by atoms with Crippen LogP contribution < -0.4 is 4.74 Å². The quantitative estimate of drug-likeness (QED) is 0.431. The Kier molecular flexibility index (Phi) is 6.65. The average molecular weight is 474 g/mol. The third-order valence-corrected chi connectivity index (χ3v) is 7.67. The number of H-pyrrole nitrogens is 1. The van der Waals surface area contributed by atoms with Gasteiger partial charge in [0.2, 0.25) is 0 Å². The Morgan fingerprint density at radius 3 is 2.69 bits per heavy atom. The molecule has 1 aliphatic heterocycles. The zero-order valence-electron chi connectivity index (χ0n) is 19.9. The van der Waals surface area contributed by atoms with E-state index in [0.29, 0.717) is 25.9 Å². The number of nitrogens with zero attached hydrogens (tertiary/aromatic N) is 2. The monoisotopic (exact) mass is 473 g/mol. The minimum absolute atomic E-state index is 0.0735. The molecule has 3 aromatic rings. The van der Waals surface area contributed by atoms with Crippen molar-refractivity contribution < 1.29 is 19.4 Å². The van der Waals surface area contributed by atoms with Crippen LogP contribution in [0.15, 0.2) is 54.6 Å². The Hall–Kier alpha value is -3.50. The summed E-state index contributed by atoms with van der Waals surface area (Å²) in [6, 6.07) is 17.9. The second kappa shape index (κ2) is 10.0. The van der Waals surface area contributed by atoms with Gasteiger partial charge in [-0.3, -0.25) is 4.79 Å². The number of methoxy groups -OCH3 is 1. The molecule has 2 N–H and O–H groups in total. The molecule has 5 atom stereocenters. The van der Waals surface area contributed by atoms with Crippen molar-refractivity contribution in [2.75, 3.05) is 20.2 Å². The summed E-state index contributed by atoms with van der Waals surface area (Å²) in [5.41, 5.74) is 3.14. The highest BCUT2D eigenvalue weighted by molar-refractivity contribution is 5.85. The summed E-state index contributed by atoms with van der Waals surface area (Å²) in [6.45, 7) is 8.93. The molecule has 7 nitrogen and oxygen atoms in total. The van der Waals surface area contributed by atoms with E-state index in [1.54, 1.807) is 5.01 Å². The van der Waals surface area contributed by atoms with Crippen LogP contribution in [-0.2, 0) is 16.0 Å². The summed E-state index contributed by atoms with van der Waals surface area (Å²) < 4.78 is 11.7. The summed E-state index contributed by atoms with van der Waals surface area (Å²) >= 11 is 0. The molecule has 0 radical (unpaired) electrons. The lowest BCUT2D eigenvalue weighted by Gasteiger charge is -2.41. The normalized spacial score (nSPS) is 26.8. The third kappa shape index (κ3) is 4.59. The molecule has 0 bridgehead atoms. The number of esters is 1. The molecule has 2 aliphatic rings. The topological polar surface area (TPSA) is 79.2 Å². The zero-order valence-corrected chi connectivity index (χ0v) is 19.9. The van der Waals surface area contributed by atoms with Crippen molar-refractivity contribution in [1.82, 2.24) is 9.99 Å². The van der Waals surface area contributed by atoms with Gasteiger partial charge in [-0.05, 0) is 61.3 Å². The molecule has 0 saturated heterocycles. The number of fused-ring (bicyclic) bond motifs is 4. The number of ether oxygens (including phenoxy) is 2. The maximum atomic E-state index is 12.9. The first kappa shape index (κ1) is 23.3. The molecule has 35 heavy (non-hydrogen) atoms. The molecule has 182 valence electrons. The first-order valence-corrected chi connectivity index (χ1v) is 12.3. The molecule has 2 aromatic carbocycles. The molecule has 2 heterocycles. The van der Waals surface area contributed by atoms with Crippen LogP contribution in [0.2, 0.25) is 0 Å². The van der Waals surface area contributed by atoms with Crippen molar-refractivity contribution in [2.45, 2.75) is 37.9 Å². The van der Waals surface area contributed by atoms with E-state index in [1.807, 2.05) is 42.5 Å². The minimum Gasteiger partial charge on any atom is -0.484 e. The second-order valence-corrected chi connectivity index (χ2v) is 9.60. The molecular formula is C28H31N3O4. The Morgan fingerprint density at radius 1 is 1.14 bits per heavy atom. The standard InChI is InChI=1S/C28H31N3O4/c1-29-31-15-14-21-20-10-6-7-11-23(20)30-27(21)25(35-19-8-4-3-5-9-19)16-22-18(17-31)12-13-24(32)26(22)28(33)34-2/h3-11,18,22,24-26,30,32H,12-17H2,2H3/t18-,22-,24-,25-,26+/m0/s1. The number of carbonyl (C=O) groups excluding carboxylic acids is 1. The molecule has 0 unspecified atom stereocenters. The van der Waals surface area contributed by atoms with Gasteiger partial charge in [0, 0.05) is 10.9 Å². The van der Waals surface area contributed by atoms with Gasteiger partial charge in [0.1, 0.15) is 11.9 Å². The van der Waals surface area contributed by atoms with Crippen LogP contribution in [0.3, 0.4) is 0 Å². The lowest BCUT2D eigenvalue weighted by atomic mass is 9.67. The van der Waals surface area contributed by atoms with Crippen molar-refractivity contribution in [2.24, 2.45) is 17.8 Å². The van der Waals surface area contributed by atoms with Crippen LogP contribution in [0.4, 0.5) is 0 Å². The van der Waals surface area contributed by atoms with Crippen molar-refractivity contribution in [3.63, 3.8) is 0 Å². The lowest BCUT2D eigenvalue weighted by molar-refractivity contribution is -0.157. The smallest absolute Gasteiger partial charge is 0.311 e. The van der Waals surface area contributed by atoms with Gasteiger partial charge in [-0.15, -0.1) is 5.01 Å². The number of nitrogens with one attached hydrogen (secondary N) is 1. The predicted molar refractivity (Wildman–Crippen MR) is 132 cm³/mol. The number of aromatic nitrogens is 1. The molecule has 0 spiro atoms. The molecule has 1 aliphatic carbocycles. The lowest BCUT2D eigenvalue weighted by Crippen LogP contribution is -2.47. The predicted octanol–water partition coefficient (Wildman–Crippen LogP) is 4.55. The number of benzene rings is 2. The molecule has 1 saturated carbocycles. The Morgan fingerprint density at radius 2 is 1.91 bits per heavy atom. The van der Waals surface area contributed by atoms with Crippen LogP contribution in [0.25, 0.3) is 15.9 Å². The SMILES string of the molecule is [C-]#[N+]N1CCc2c([nH]c3ccccc23)[C@@H](Oc2ccccc2)C[C@H]2[C@@H](CC[C@H](O)[C@@H]2C(=O)OC)C1. The van der Waals surface area contributed by atoms with E-state index in [1.165, 1.54) is 7.11 Å². The van der Waals surface area contributed by atoms with Crippen LogP contribution in [-0.4, -0.2) is 47.4 Å². The fourth-order valence-electron chi connectivity index (χ4n) is 5.98. The maximum absolute atomic E-state index is 12.9. The summed E-state index contributed by atoms with van der Waals surface area (Å²) in [4.78, 5) is 20.3. The number of hydrogen-bond acceptors (Lipinski definition) is 5. The maximum Gasteiger partial charge on any atom is 0.311 e. The van der Waals surface area contributed by atoms with Crippen LogP contribution in [0.5, 0.6) is 5.75 Å². The number of aliphatic hydroxyl groups is 1. The zero-order chi connectivity index (χ0) is 24.4. The number of para-hydroxylation sites is 2.